The number of nitrogens with one attached hydrogen (secondary N) is 1. The van der Waals surface area contributed by atoms with E-state index >= 15 is 0 Å². The number of hydrogen-bond donors (Lipinski definition) is 1. The maximum Gasteiger partial charge on any atom is 0.00670 e. The van der Waals surface area contributed by atoms with Crippen LogP contribution in [0.5, 0.6) is 0 Å². The van der Waals surface area contributed by atoms with Crippen LogP contribution in [-0.2, 0) is 0 Å². The molecular formula is C17H35N. The lowest BCUT2D eigenvalue weighted by Crippen LogP contribution is -2.30. The van der Waals surface area contributed by atoms with Crippen LogP contribution >= 0.6 is 0 Å². The lowest BCUT2D eigenvalue weighted by atomic mass is 9.98. The standard InChI is InChI=1S/C17H35N/c1-2-3-13-16-18-17-14-11-9-7-5-4-6-8-10-12-15-17/h17-18H,2-16H2,1H3. The lowest BCUT2D eigenvalue weighted by molar-refractivity contribution is 0.400. The highest BCUT2D eigenvalue weighted by Crippen LogP contribution is 2.16. The van der Waals surface area contributed by atoms with Gasteiger partial charge in [-0.3, -0.25) is 0 Å². The molecule has 1 fully saturated rings. The van der Waals surface area contributed by atoms with Gasteiger partial charge in [-0.1, -0.05) is 77.6 Å². The molecule has 0 radical (unpaired) electrons. The van der Waals surface area contributed by atoms with E-state index in [2.05, 4.69) is 12.2 Å². The second-order valence-electron chi connectivity index (χ2n) is 6.12. The van der Waals surface area contributed by atoms with Gasteiger partial charge in [0.15, 0.2) is 0 Å². The second-order valence-corrected chi connectivity index (χ2v) is 6.12. The Morgan fingerprint density at radius 2 is 1.22 bits per heavy atom. The topological polar surface area (TPSA) is 12.0 Å². The molecule has 18 heavy (non-hydrogen) atoms. The van der Waals surface area contributed by atoms with Gasteiger partial charge in [-0.2, -0.15) is 0 Å². The lowest BCUT2D eigenvalue weighted by Gasteiger charge is -2.19. The van der Waals surface area contributed by atoms with E-state index in [-0.39, 0.29) is 0 Å². The smallest absolute Gasteiger partial charge is 0.00670 e. The third-order valence-corrected chi connectivity index (χ3v) is 4.32. The van der Waals surface area contributed by atoms with Crippen LogP contribution in [0.25, 0.3) is 0 Å². The quantitative estimate of drug-likeness (QED) is 0.643. The summed E-state index contributed by atoms with van der Waals surface area (Å²) in [7, 11) is 0. The van der Waals surface area contributed by atoms with Gasteiger partial charge in [-0.15, -0.1) is 0 Å². The van der Waals surface area contributed by atoms with Gasteiger partial charge in [0.1, 0.15) is 0 Å². The van der Waals surface area contributed by atoms with Crippen molar-refractivity contribution in [3.63, 3.8) is 0 Å². The van der Waals surface area contributed by atoms with E-state index in [0.717, 1.165) is 6.04 Å². The van der Waals surface area contributed by atoms with E-state index in [1.165, 1.54) is 96.4 Å². The average molecular weight is 253 g/mol. The molecule has 1 nitrogen and oxygen atoms in total. The molecule has 0 heterocycles. The van der Waals surface area contributed by atoms with Gasteiger partial charge >= 0.3 is 0 Å². The van der Waals surface area contributed by atoms with Crippen molar-refractivity contribution in [2.75, 3.05) is 6.54 Å². The highest BCUT2D eigenvalue weighted by Gasteiger charge is 2.08. The zero-order valence-electron chi connectivity index (χ0n) is 12.7. The molecule has 1 aliphatic rings. The first-order chi connectivity index (χ1) is 8.93. The van der Waals surface area contributed by atoms with Crippen molar-refractivity contribution >= 4 is 0 Å². The molecule has 0 spiro atoms. The van der Waals surface area contributed by atoms with E-state index in [1.54, 1.807) is 0 Å². The zero-order chi connectivity index (χ0) is 12.9. The highest BCUT2D eigenvalue weighted by atomic mass is 14.9. The molecule has 108 valence electrons. The van der Waals surface area contributed by atoms with Crippen molar-refractivity contribution in [2.24, 2.45) is 0 Å². The fourth-order valence-corrected chi connectivity index (χ4v) is 3.05. The summed E-state index contributed by atoms with van der Waals surface area (Å²) in [6.07, 6.45) is 20.2. The molecule has 0 aromatic carbocycles. The highest BCUT2D eigenvalue weighted by molar-refractivity contribution is 4.68. The minimum Gasteiger partial charge on any atom is -0.314 e. The van der Waals surface area contributed by atoms with Gasteiger partial charge < -0.3 is 5.32 Å². The monoisotopic (exact) mass is 253 g/mol. The Balaban J connectivity index is 2.14. The summed E-state index contributed by atoms with van der Waals surface area (Å²) in [4.78, 5) is 0. The molecule has 0 atom stereocenters. The first-order valence-electron chi connectivity index (χ1n) is 8.67. The van der Waals surface area contributed by atoms with Gasteiger partial charge in [0.05, 0.1) is 0 Å². The molecule has 1 aliphatic carbocycles. The predicted molar refractivity (Wildman–Crippen MR) is 82.1 cm³/mol. The van der Waals surface area contributed by atoms with Crippen LogP contribution in [0.15, 0.2) is 0 Å². The van der Waals surface area contributed by atoms with Crippen molar-refractivity contribution in [3.05, 3.63) is 0 Å². The summed E-state index contributed by atoms with van der Waals surface area (Å²) in [5.74, 6) is 0. The van der Waals surface area contributed by atoms with Gasteiger partial charge in [0.2, 0.25) is 0 Å². The van der Waals surface area contributed by atoms with Gasteiger partial charge in [0, 0.05) is 6.04 Å². The summed E-state index contributed by atoms with van der Waals surface area (Å²) in [5.41, 5.74) is 0. The summed E-state index contributed by atoms with van der Waals surface area (Å²) in [6, 6.07) is 0.821. The Bertz CT molecular complexity index is 152. The molecule has 0 saturated heterocycles. The minimum atomic E-state index is 0.821. The predicted octanol–water partition coefficient (Wildman–Crippen LogP) is 5.44. The van der Waals surface area contributed by atoms with Crippen molar-refractivity contribution in [3.8, 4) is 0 Å². The summed E-state index contributed by atoms with van der Waals surface area (Å²) >= 11 is 0. The third kappa shape index (κ3) is 8.97. The Morgan fingerprint density at radius 3 is 1.72 bits per heavy atom. The summed E-state index contributed by atoms with van der Waals surface area (Å²) in [6.45, 7) is 3.54. The van der Waals surface area contributed by atoms with E-state index in [9.17, 15) is 0 Å². The van der Waals surface area contributed by atoms with Crippen molar-refractivity contribution in [1.29, 1.82) is 0 Å². The van der Waals surface area contributed by atoms with Crippen LogP contribution in [0.4, 0.5) is 0 Å². The maximum atomic E-state index is 3.81. The summed E-state index contributed by atoms with van der Waals surface area (Å²) < 4.78 is 0. The SMILES string of the molecule is CCCCCNC1CCCCCCCCCCC1. The van der Waals surface area contributed by atoms with Gasteiger partial charge in [-0.05, 0) is 25.8 Å². The Morgan fingerprint density at radius 1 is 0.722 bits per heavy atom. The van der Waals surface area contributed by atoms with Crippen LogP contribution in [0, 0.1) is 0 Å². The molecule has 0 aromatic heterocycles. The van der Waals surface area contributed by atoms with Crippen LogP contribution in [0.2, 0.25) is 0 Å². The number of rotatable bonds is 5. The molecule has 0 bridgehead atoms. The molecule has 0 unspecified atom stereocenters. The molecule has 0 amide bonds. The molecule has 1 heteroatoms. The van der Waals surface area contributed by atoms with E-state index in [1.807, 2.05) is 0 Å². The first kappa shape index (κ1) is 16.0. The Kier molecular flexibility index (Phi) is 10.7. The van der Waals surface area contributed by atoms with E-state index < -0.39 is 0 Å². The van der Waals surface area contributed by atoms with Crippen LogP contribution in [0.3, 0.4) is 0 Å². The fourth-order valence-electron chi connectivity index (χ4n) is 3.05. The average Bonchev–Trinajstić information content (AvgIpc) is 2.37. The number of unbranched alkanes of at least 4 members (excludes halogenated alkanes) is 2. The molecule has 0 aromatic rings. The largest absolute Gasteiger partial charge is 0.314 e. The minimum absolute atomic E-state index is 0.821. The molecular weight excluding hydrogens is 218 g/mol. The van der Waals surface area contributed by atoms with Gasteiger partial charge in [-0.25, -0.2) is 0 Å². The zero-order valence-corrected chi connectivity index (χ0v) is 12.7. The third-order valence-electron chi connectivity index (χ3n) is 4.32. The van der Waals surface area contributed by atoms with Crippen LogP contribution < -0.4 is 5.32 Å². The summed E-state index contributed by atoms with van der Waals surface area (Å²) in [5, 5.41) is 3.81. The molecule has 1 N–H and O–H groups in total. The first-order valence-corrected chi connectivity index (χ1v) is 8.67. The van der Waals surface area contributed by atoms with Crippen molar-refractivity contribution in [1.82, 2.24) is 5.32 Å². The van der Waals surface area contributed by atoms with Crippen molar-refractivity contribution < 1.29 is 0 Å². The molecule has 1 rings (SSSR count). The second kappa shape index (κ2) is 12.0. The Hall–Kier alpha value is -0.0400. The van der Waals surface area contributed by atoms with E-state index in [4.69, 9.17) is 0 Å². The molecule has 0 aliphatic heterocycles. The Labute approximate surface area is 115 Å². The number of hydrogen-bond acceptors (Lipinski definition) is 1. The van der Waals surface area contributed by atoms with Crippen molar-refractivity contribution in [2.45, 2.75) is 103 Å². The van der Waals surface area contributed by atoms with Crippen LogP contribution in [-0.4, -0.2) is 12.6 Å². The normalized spacial score (nSPS) is 21.2. The van der Waals surface area contributed by atoms with E-state index in [0.29, 0.717) is 0 Å². The maximum absolute atomic E-state index is 3.81. The van der Waals surface area contributed by atoms with Crippen LogP contribution in [0.1, 0.15) is 96.8 Å². The fraction of sp³-hybridized carbons (Fsp3) is 1.00. The van der Waals surface area contributed by atoms with Gasteiger partial charge in [0.25, 0.3) is 0 Å². The molecule has 1 saturated carbocycles.